The standard InChI is InChI=1S/C11H18N2O2/c1-15-8-10(14)7-13-6-9-4-2-3-5-11(9)12/h2-5,10,13-14H,6-8,12H2,1H3. The molecule has 1 aromatic carbocycles. The third-order valence-corrected chi connectivity index (χ3v) is 2.11. The van der Waals surface area contributed by atoms with Crippen molar-refractivity contribution in [2.45, 2.75) is 12.6 Å². The van der Waals surface area contributed by atoms with Crippen LogP contribution < -0.4 is 11.1 Å². The number of nitrogens with two attached hydrogens (primary N) is 1. The first-order valence-corrected chi connectivity index (χ1v) is 4.95. The highest BCUT2D eigenvalue weighted by Crippen LogP contribution is 2.09. The van der Waals surface area contributed by atoms with E-state index in [1.807, 2.05) is 24.3 Å². The van der Waals surface area contributed by atoms with Crippen molar-refractivity contribution >= 4 is 5.69 Å². The van der Waals surface area contributed by atoms with Gasteiger partial charge in [-0.05, 0) is 11.6 Å². The summed E-state index contributed by atoms with van der Waals surface area (Å²) in [6, 6.07) is 7.67. The van der Waals surface area contributed by atoms with Crippen LogP contribution in [-0.2, 0) is 11.3 Å². The lowest BCUT2D eigenvalue weighted by atomic mass is 10.2. The summed E-state index contributed by atoms with van der Waals surface area (Å²) in [6.07, 6.45) is -0.472. The Morgan fingerprint density at radius 1 is 1.47 bits per heavy atom. The summed E-state index contributed by atoms with van der Waals surface area (Å²) in [4.78, 5) is 0. The number of anilines is 1. The number of nitrogen functional groups attached to an aromatic ring is 1. The highest BCUT2D eigenvalue weighted by atomic mass is 16.5. The normalized spacial score (nSPS) is 12.7. The predicted octanol–water partition coefficient (Wildman–Crippen LogP) is 0.366. The smallest absolute Gasteiger partial charge is 0.0897 e. The molecular formula is C11H18N2O2. The fourth-order valence-electron chi connectivity index (χ4n) is 1.32. The third-order valence-electron chi connectivity index (χ3n) is 2.11. The number of hydrogen-bond acceptors (Lipinski definition) is 4. The van der Waals surface area contributed by atoms with Crippen molar-refractivity contribution in [3.05, 3.63) is 29.8 Å². The van der Waals surface area contributed by atoms with Gasteiger partial charge in [0, 0.05) is 25.9 Å². The number of rotatable bonds is 6. The molecule has 0 saturated heterocycles. The van der Waals surface area contributed by atoms with E-state index in [2.05, 4.69) is 5.32 Å². The van der Waals surface area contributed by atoms with Crippen LogP contribution in [0.4, 0.5) is 5.69 Å². The highest BCUT2D eigenvalue weighted by Gasteiger charge is 2.03. The molecule has 0 heterocycles. The zero-order valence-electron chi connectivity index (χ0n) is 8.94. The van der Waals surface area contributed by atoms with Crippen LogP contribution >= 0.6 is 0 Å². The molecule has 0 spiro atoms. The van der Waals surface area contributed by atoms with E-state index in [1.54, 1.807) is 7.11 Å². The minimum Gasteiger partial charge on any atom is -0.398 e. The molecule has 15 heavy (non-hydrogen) atoms. The van der Waals surface area contributed by atoms with E-state index >= 15 is 0 Å². The van der Waals surface area contributed by atoms with Gasteiger partial charge >= 0.3 is 0 Å². The summed E-state index contributed by atoms with van der Waals surface area (Å²) in [5, 5.41) is 12.5. The van der Waals surface area contributed by atoms with Crippen molar-refractivity contribution in [2.24, 2.45) is 0 Å². The summed E-state index contributed by atoms with van der Waals surface area (Å²) in [7, 11) is 1.57. The largest absolute Gasteiger partial charge is 0.398 e. The maximum absolute atomic E-state index is 9.38. The average Bonchev–Trinajstić information content (AvgIpc) is 2.21. The SMILES string of the molecule is COCC(O)CNCc1ccccc1N. The van der Waals surface area contributed by atoms with Gasteiger partial charge in [-0.3, -0.25) is 0 Å². The molecular weight excluding hydrogens is 192 g/mol. The Balaban J connectivity index is 2.29. The molecule has 0 aromatic heterocycles. The van der Waals surface area contributed by atoms with Crippen LogP contribution in [0.5, 0.6) is 0 Å². The molecule has 0 fully saturated rings. The molecule has 1 unspecified atom stereocenters. The van der Waals surface area contributed by atoms with E-state index in [1.165, 1.54) is 0 Å². The van der Waals surface area contributed by atoms with Gasteiger partial charge in [0.2, 0.25) is 0 Å². The van der Waals surface area contributed by atoms with E-state index in [0.717, 1.165) is 11.3 Å². The molecule has 84 valence electrons. The van der Waals surface area contributed by atoms with E-state index in [0.29, 0.717) is 19.7 Å². The van der Waals surface area contributed by atoms with Crippen LogP contribution in [0, 0.1) is 0 Å². The molecule has 4 nitrogen and oxygen atoms in total. The molecule has 0 aliphatic carbocycles. The number of aliphatic hydroxyl groups is 1. The van der Waals surface area contributed by atoms with Crippen LogP contribution in [0.1, 0.15) is 5.56 Å². The minimum atomic E-state index is -0.472. The Bertz CT molecular complexity index is 292. The molecule has 1 rings (SSSR count). The number of hydrogen-bond donors (Lipinski definition) is 3. The molecule has 0 saturated carbocycles. The number of nitrogens with one attached hydrogen (secondary N) is 1. The topological polar surface area (TPSA) is 67.5 Å². The number of benzene rings is 1. The van der Waals surface area contributed by atoms with Gasteiger partial charge in [0.1, 0.15) is 0 Å². The van der Waals surface area contributed by atoms with E-state index in [-0.39, 0.29) is 0 Å². The Hall–Kier alpha value is -1.10. The third kappa shape index (κ3) is 4.29. The molecule has 0 radical (unpaired) electrons. The van der Waals surface area contributed by atoms with Crippen LogP contribution in [0.25, 0.3) is 0 Å². The Labute approximate surface area is 90.1 Å². The quantitative estimate of drug-likeness (QED) is 0.593. The Kier molecular flexibility index (Phi) is 5.10. The van der Waals surface area contributed by atoms with Crippen molar-refractivity contribution < 1.29 is 9.84 Å². The summed E-state index contributed by atoms with van der Waals surface area (Å²) >= 11 is 0. The predicted molar refractivity (Wildman–Crippen MR) is 60.4 cm³/mol. The number of methoxy groups -OCH3 is 1. The van der Waals surface area contributed by atoms with Crippen LogP contribution in [0.15, 0.2) is 24.3 Å². The Morgan fingerprint density at radius 2 is 2.20 bits per heavy atom. The number of ether oxygens (including phenoxy) is 1. The van der Waals surface area contributed by atoms with Crippen molar-refractivity contribution in [1.82, 2.24) is 5.32 Å². The number of aliphatic hydroxyl groups excluding tert-OH is 1. The zero-order valence-corrected chi connectivity index (χ0v) is 8.94. The average molecular weight is 210 g/mol. The lowest BCUT2D eigenvalue weighted by Gasteiger charge is -2.11. The highest BCUT2D eigenvalue weighted by molar-refractivity contribution is 5.46. The second-order valence-electron chi connectivity index (χ2n) is 3.44. The first kappa shape index (κ1) is 12.0. The van der Waals surface area contributed by atoms with Gasteiger partial charge in [-0.1, -0.05) is 18.2 Å². The lowest BCUT2D eigenvalue weighted by Crippen LogP contribution is -2.29. The molecule has 0 aliphatic rings. The second kappa shape index (κ2) is 6.40. The molecule has 0 aliphatic heterocycles. The second-order valence-corrected chi connectivity index (χ2v) is 3.44. The van der Waals surface area contributed by atoms with Crippen molar-refractivity contribution in [3.8, 4) is 0 Å². The first-order valence-electron chi connectivity index (χ1n) is 4.95. The summed E-state index contributed by atoms with van der Waals surface area (Å²) in [6.45, 7) is 1.51. The molecule has 4 heteroatoms. The van der Waals surface area contributed by atoms with E-state index < -0.39 is 6.10 Å². The number of para-hydroxylation sites is 1. The van der Waals surface area contributed by atoms with Gasteiger partial charge in [-0.25, -0.2) is 0 Å². The lowest BCUT2D eigenvalue weighted by molar-refractivity contribution is 0.0644. The van der Waals surface area contributed by atoms with Crippen LogP contribution in [0.2, 0.25) is 0 Å². The monoisotopic (exact) mass is 210 g/mol. The molecule has 4 N–H and O–H groups in total. The Morgan fingerprint density at radius 3 is 2.87 bits per heavy atom. The first-order chi connectivity index (χ1) is 7.24. The van der Waals surface area contributed by atoms with Crippen LogP contribution in [0.3, 0.4) is 0 Å². The van der Waals surface area contributed by atoms with Gasteiger partial charge in [-0.2, -0.15) is 0 Å². The van der Waals surface area contributed by atoms with Crippen molar-refractivity contribution in [2.75, 3.05) is 26.0 Å². The van der Waals surface area contributed by atoms with E-state index in [4.69, 9.17) is 10.5 Å². The van der Waals surface area contributed by atoms with Gasteiger partial charge in [0.15, 0.2) is 0 Å². The van der Waals surface area contributed by atoms with Gasteiger partial charge in [-0.15, -0.1) is 0 Å². The summed E-state index contributed by atoms with van der Waals surface area (Å²) in [5.41, 5.74) is 7.58. The van der Waals surface area contributed by atoms with Crippen LogP contribution in [-0.4, -0.2) is 31.5 Å². The van der Waals surface area contributed by atoms with Crippen molar-refractivity contribution in [3.63, 3.8) is 0 Å². The maximum atomic E-state index is 9.38. The van der Waals surface area contributed by atoms with Gasteiger partial charge in [0.25, 0.3) is 0 Å². The molecule has 0 amide bonds. The maximum Gasteiger partial charge on any atom is 0.0897 e. The van der Waals surface area contributed by atoms with Gasteiger partial charge in [0.05, 0.1) is 12.7 Å². The van der Waals surface area contributed by atoms with E-state index in [9.17, 15) is 5.11 Å². The minimum absolute atomic E-state index is 0.345. The van der Waals surface area contributed by atoms with Crippen molar-refractivity contribution in [1.29, 1.82) is 0 Å². The summed E-state index contributed by atoms with van der Waals surface area (Å²) in [5.74, 6) is 0. The fourth-order valence-corrected chi connectivity index (χ4v) is 1.32. The molecule has 1 atom stereocenters. The zero-order chi connectivity index (χ0) is 11.1. The molecule has 1 aromatic rings. The molecule has 0 bridgehead atoms. The summed E-state index contributed by atoms with van der Waals surface area (Å²) < 4.78 is 4.82. The fraction of sp³-hybridized carbons (Fsp3) is 0.455. The van der Waals surface area contributed by atoms with Gasteiger partial charge < -0.3 is 20.9 Å².